The van der Waals surface area contributed by atoms with Crippen LogP contribution < -0.4 is 0 Å². The van der Waals surface area contributed by atoms with Gasteiger partial charge >= 0.3 is 17.9 Å². The molecule has 0 aliphatic rings. The standard InChI is InChI=1S/C64H118O6/c1-4-7-10-13-16-19-22-25-28-30-31-32-33-34-35-37-39-42-45-48-51-54-57-63(66)69-60-61(59-68-62(65)56-53-50-47-44-41-38-27-24-21-18-15-12-9-6-3)70-64(67)58-55-52-49-46-43-40-36-29-26-23-20-17-14-11-8-5-2/h15,18,24,27,29,36,61H,4-14,16-17,19-23,25-26,28,30-35,37-60H2,1-3H3/b18-15-,27-24-,36-29-. The van der Waals surface area contributed by atoms with Crippen LogP contribution >= 0.6 is 0 Å². The van der Waals surface area contributed by atoms with Crippen molar-refractivity contribution in [3.8, 4) is 0 Å². The van der Waals surface area contributed by atoms with Gasteiger partial charge in [0.15, 0.2) is 6.10 Å². The smallest absolute Gasteiger partial charge is 0.306 e. The molecule has 0 aromatic heterocycles. The lowest BCUT2D eigenvalue weighted by molar-refractivity contribution is -0.167. The SMILES string of the molecule is CCCC/C=C\C/C=C\CCCCCCCC(=O)OCC(COC(=O)CCCCCCCCCCCCCCCCCCCCCCCC)OC(=O)CCCCCCC/C=C\CCCCCCCCC. The van der Waals surface area contributed by atoms with E-state index in [1.165, 1.54) is 212 Å². The molecule has 6 nitrogen and oxygen atoms in total. The van der Waals surface area contributed by atoms with E-state index in [4.69, 9.17) is 14.2 Å². The maximum Gasteiger partial charge on any atom is 0.306 e. The molecule has 0 bridgehead atoms. The summed E-state index contributed by atoms with van der Waals surface area (Å²) in [6.07, 6.45) is 71.5. The minimum atomic E-state index is -0.780. The van der Waals surface area contributed by atoms with Crippen LogP contribution in [0.5, 0.6) is 0 Å². The number of ether oxygens (including phenoxy) is 3. The second-order valence-electron chi connectivity index (χ2n) is 21.0. The van der Waals surface area contributed by atoms with E-state index in [0.717, 1.165) is 83.5 Å². The van der Waals surface area contributed by atoms with E-state index in [1.807, 2.05) is 0 Å². The van der Waals surface area contributed by atoms with Gasteiger partial charge in [0.2, 0.25) is 0 Å². The van der Waals surface area contributed by atoms with Gasteiger partial charge in [0, 0.05) is 19.3 Å². The number of hydrogen-bond acceptors (Lipinski definition) is 6. The number of allylic oxidation sites excluding steroid dienone is 6. The molecule has 0 spiro atoms. The number of unbranched alkanes of at least 4 members (excludes halogenated alkanes) is 40. The lowest BCUT2D eigenvalue weighted by Gasteiger charge is -2.18. The first-order valence-corrected chi connectivity index (χ1v) is 31.0. The minimum absolute atomic E-state index is 0.0762. The second-order valence-corrected chi connectivity index (χ2v) is 21.0. The number of rotatable bonds is 57. The summed E-state index contributed by atoms with van der Waals surface area (Å²) in [4.78, 5) is 38.2. The van der Waals surface area contributed by atoms with E-state index in [9.17, 15) is 14.4 Å². The first kappa shape index (κ1) is 67.6. The van der Waals surface area contributed by atoms with Crippen molar-refractivity contribution >= 4 is 17.9 Å². The van der Waals surface area contributed by atoms with E-state index in [-0.39, 0.29) is 31.1 Å². The van der Waals surface area contributed by atoms with Gasteiger partial charge in [0.1, 0.15) is 13.2 Å². The zero-order valence-corrected chi connectivity index (χ0v) is 47.1. The molecule has 1 atom stereocenters. The van der Waals surface area contributed by atoms with Crippen LogP contribution in [0.2, 0.25) is 0 Å². The fraction of sp³-hybridized carbons (Fsp3) is 0.859. The Morgan fingerprint density at radius 3 is 0.843 bits per heavy atom. The van der Waals surface area contributed by atoms with Crippen molar-refractivity contribution in [1.82, 2.24) is 0 Å². The average Bonchev–Trinajstić information content (AvgIpc) is 3.36. The molecule has 6 heteroatoms. The molecule has 0 rings (SSSR count). The van der Waals surface area contributed by atoms with Gasteiger partial charge < -0.3 is 14.2 Å². The highest BCUT2D eigenvalue weighted by Gasteiger charge is 2.19. The molecule has 0 heterocycles. The molecule has 70 heavy (non-hydrogen) atoms. The van der Waals surface area contributed by atoms with Crippen LogP contribution in [0.15, 0.2) is 36.5 Å². The van der Waals surface area contributed by atoms with Crippen LogP contribution in [0.4, 0.5) is 0 Å². The van der Waals surface area contributed by atoms with Crippen molar-refractivity contribution in [2.24, 2.45) is 0 Å². The highest BCUT2D eigenvalue weighted by atomic mass is 16.6. The normalized spacial score (nSPS) is 12.2. The van der Waals surface area contributed by atoms with Crippen LogP contribution in [0.1, 0.15) is 335 Å². The summed E-state index contributed by atoms with van der Waals surface area (Å²) >= 11 is 0. The highest BCUT2D eigenvalue weighted by molar-refractivity contribution is 5.71. The zero-order valence-electron chi connectivity index (χ0n) is 47.1. The van der Waals surface area contributed by atoms with Gasteiger partial charge in [-0.1, -0.05) is 282 Å². The Labute approximate surface area is 435 Å². The Morgan fingerprint density at radius 1 is 0.286 bits per heavy atom. The van der Waals surface area contributed by atoms with Gasteiger partial charge in [0.25, 0.3) is 0 Å². The Bertz CT molecular complexity index is 1170. The lowest BCUT2D eigenvalue weighted by Crippen LogP contribution is -2.30. The number of hydrogen-bond donors (Lipinski definition) is 0. The fourth-order valence-electron chi connectivity index (χ4n) is 9.16. The molecule has 0 saturated heterocycles. The van der Waals surface area contributed by atoms with Gasteiger partial charge in [-0.2, -0.15) is 0 Å². The monoisotopic (exact) mass is 983 g/mol. The molecule has 1 unspecified atom stereocenters. The fourth-order valence-corrected chi connectivity index (χ4v) is 9.16. The molecule has 0 radical (unpaired) electrons. The first-order valence-electron chi connectivity index (χ1n) is 31.0. The van der Waals surface area contributed by atoms with Crippen molar-refractivity contribution in [3.63, 3.8) is 0 Å². The number of carbonyl (C=O) groups is 3. The third kappa shape index (κ3) is 56.5. The maximum atomic E-state index is 12.9. The topological polar surface area (TPSA) is 78.9 Å². The molecule has 0 aromatic carbocycles. The van der Waals surface area contributed by atoms with Gasteiger partial charge in [-0.05, 0) is 70.6 Å². The Morgan fingerprint density at radius 2 is 0.529 bits per heavy atom. The Kier molecular flexibility index (Phi) is 57.2. The molecule has 0 N–H and O–H groups in total. The van der Waals surface area contributed by atoms with Gasteiger partial charge in [-0.15, -0.1) is 0 Å². The average molecular weight is 984 g/mol. The van der Waals surface area contributed by atoms with Crippen molar-refractivity contribution in [1.29, 1.82) is 0 Å². The predicted molar refractivity (Wildman–Crippen MR) is 302 cm³/mol. The van der Waals surface area contributed by atoms with Gasteiger partial charge in [-0.3, -0.25) is 14.4 Å². The van der Waals surface area contributed by atoms with Crippen LogP contribution in [0.3, 0.4) is 0 Å². The third-order valence-electron chi connectivity index (χ3n) is 13.9. The molecule has 0 aromatic rings. The van der Waals surface area contributed by atoms with Crippen LogP contribution in [0, 0.1) is 0 Å². The Balaban J connectivity index is 4.30. The van der Waals surface area contributed by atoms with Gasteiger partial charge in [-0.25, -0.2) is 0 Å². The number of esters is 3. The maximum absolute atomic E-state index is 12.9. The van der Waals surface area contributed by atoms with Gasteiger partial charge in [0.05, 0.1) is 0 Å². The molecule has 410 valence electrons. The quantitative estimate of drug-likeness (QED) is 0.0261. The van der Waals surface area contributed by atoms with E-state index < -0.39 is 6.10 Å². The summed E-state index contributed by atoms with van der Waals surface area (Å²) in [5.74, 6) is -0.879. The summed E-state index contributed by atoms with van der Waals surface area (Å²) in [5.41, 5.74) is 0. The summed E-state index contributed by atoms with van der Waals surface area (Å²) in [5, 5.41) is 0. The molecular weight excluding hydrogens is 865 g/mol. The summed E-state index contributed by atoms with van der Waals surface area (Å²) < 4.78 is 16.9. The van der Waals surface area contributed by atoms with Crippen molar-refractivity contribution in [3.05, 3.63) is 36.5 Å². The van der Waals surface area contributed by atoms with E-state index in [0.29, 0.717) is 19.3 Å². The molecular formula is C64H118O6. The molecule has 0 aliphatic heterocycles. The number of carbonyl (C=O) groups excluding carboxylic acids is 3. The molecule has 0 saturated carbocycles. The van der Waals surface area contributed by atoms with E-state index in [1.54, 1.807) is 0 Å². The second kappa shape index (κ2) is 59.2. The van der Waals surface area contributed by atoms with Crippen LogP contribution in [-0.4, -0.2) is 37.2 Å². The highest BCUT2D eigenvalue weighted by Crippen LogP contribution is 2.17. The molecule has 0 fully saturated rings. The lowest BCUT2D eigenvalue weighted by atomic mass is 10.0. The van der Waals surface area contributed by atoms with E-state index >= 15 is 0 Å². The predicted octanol–water partition coefficient (Wildman–Crippen LogP) is 20.8. The third-order valence-corrected chi connectivity index (χ3v) is 13.9. The van der Waals surface area contributed by atoms with Crippen LogP contribution in [0.25, 0.3) is 0 Å². The summed E-state index contributed by atoms with van der Waals surface area (Å²) in [6.45, 7) is 6.63. The van der Waals surface area contributed by atoms with Crippen molar-refractivity contribution in [2.45, 2.75) is 341 Å². The summed E-state index contributed by atoms with van der Waals surface area (Å²) in [7, 11) is 0. The van der Waals surface area contributed by atoms with Crippen LogP contribution in [-0.2, 0) is 28.6 Å². The van der Waals surface area contributed by atoms with Crippen molar-refractivity contribution in [2.75, 3.05) is 13.2 Å². The largest absolute Gasteiger partial charge is 0.462 e. The first-order chi connectivity index (χ1) is 34.5. The molecule has 0 aliphatic carbocycles. The zero-order chi connectivity index (χ0) is 50.7. The Hall–Kier alpha value is -2.37. The van der Waals surface area contributed by atoms with E-state index in [2.05, 4.69) is 57.2 Å². The van der Waals surface area contributed by atoms with Crippen molar-refractivity contribution < 1.29 is 28.6 Å². The minimum Gasteiger partial charge on any atom is -0.462 e. The summed E-state index contributed by atoms with van der Waals surface area (Å²) in [6, 6.07) is 0. The molecule has 0 amide bonds.